The van der Waals surface area contributed by atoms with Gasteiger partial charge in [0, 0.05) is 19.3 Å². The van der Waals surface area contributed by atoms with Gasteiger partial charge >= 0.3 is 6.18 Å². The molecule has 5 nitrogen and oxygen atoms in total. The van der Waals surface area contributed by atoms with Crippen LogP contribution < -0.4 is 0 Å². The number of carbonyl (C=O) groups excluding carboxylic acids is 1. The minimum Gasteiger partial charge on any atom is -0.388 e. The Labute approximate surface area is 106 Å². The number of β-amino-alcohol motifs (C(OH)–C–C–N with tert-alkyl or cyclic N) is 2. The zero-order chi connectivity index (χ0) is 14.2. The Morgan fingerprint density at radius 1 is 1.26 bits per heavy atom. The molecule has 2 rings (SSSR count). The summed E-state index contributed by atoms with van der Waals surface area (Å²) >= 11 is 0. The fourth-order valence-corrected chi connectivity index (χ4v) is 1.79. The lowest BCUT2D eigenvalue weighted by Crippen LogP contribution is -2.30. The summed E-state index contributed by atoms with van der Waals surface area (Å²) in [7, 11) is 0. The first-order valence-electron chi connectivity index (χ1n) is 5.47. The van der Waals surface area contributed by atoms with Gasteiger partial charge in [-0.1, -0.05) is 0 Å². The summed E-state index contributed by atoms with van der Waals surface area (Å²) < 4.78 is 37.0. The maximum atomic E-state index is 12.3. The lowest BCUT2D eigenvalue weighted by Gasteiger charge is -2.15. The maximum absolute atomic E-state index is 12.3. The zero-order valence-electron chi connectivity index (χ0n) is 9.63. The van der Waals surface area contributed by atoms with Crippen molar-refractivity contribution in [3.05, 3.63) is 29.6 Å². The molecular weight excluding hydrogens is 265 g/mol. The van der Waals surface area contributed by atoms with Crippen molar-refractivity contribution in [2.75, 3.05) is 13.1 Å². The van der Waals surface area contributed by atoms with Gasteiger partial charge in [-0.3, -0.25) is 9.78 Å². The molecule has 1 saturated heterocycles. The van der Waals surface area contributed by atoms with Crippen LogP contribution in [0.3, 0.4) is 0 Å². The number of alkyl halides is 3. The number of amides is 1. The number of nitrogens with zero attached hydrogens (tertiary/aromatic N) is 2. The van der Waals surface area contributed by atoms with E-state index in [1.807, 2.05) is 0 Å². The van der Waals surface area contributed by atoms with Crippen LogP contribution in [0, 0.1) is 0 Å². The number of hydrogen-bond donors (Lipinski definition) is 2. The largest absolute Gasteiger partial charge is 0.417 e. The molecule has 1 aliphatic rings. The second kappa shape index (κ2) is 4.78. The summed E-state index contributed by atoms with van der Waals surface area (Å²) in [5, 5.41) is 18.6. The summed E-state index contributed by atoms with van der Waals surface area (Å²) in [6.07, 6.45) is -6.01. The van der Waals surface area contributed by atoms with Crippen molar-refractivity contribution in [3.8, 4) is 0 Å². The summed E-state index contributed by atoms with van der Waals surface area (Å²) in [5.41, 5.74) is -1.10. The highest BCUT2D eigenvalue weighted by Crippen LogP contribution is 2.28. The predicted octanol–water partition coefficient (Wildman–Crippen LogP) is 0.278. The van der Waals surface area contributed by atoms with Crippen LogP contribution in [0.1, 0.15) is 16.1 Å². The van der Waals surface area contributed by atoms with Crippen molar-refractivity contribution in [1.29, 1.82) is 0 Å². The van der Waals surface area contributed by atoms with Crippen LogP contribution in [0.25, 0.3) is 0 Å². The Morgan fingerprint density at radius 2 is 1.84 bits per heavy atom. The molecule has 1 aromatic rings. The topological polar surface area (TPSA) is 73.7 Å². The standard InChI is InChI=1S/C11H11F3N2O3/c12-11(13,14)6-1-2-7(15-3-6)10(19)16-4-8(17)9(18)5-16/h1-3,8-9,17-18H,4-5H2/t8-,9+. The molecule has 2 atom stereocenters. The van der Waals surface area contributed by atoms with E-state index >= 15 is 0 Å². The fraction of sp³-hybridized carbons (Fsp3) is 0.455. The van der Waals surface area contributed by atoms with Crippen molar-refractivity contribution >= 4 is 5.91 Å². The van der Waals surface area contributed by atoms with E-state index in [0.29, 0.717) is 6.20 Å². The first-order valence-corrected chi connectivity index (χ1v) is 5.47. The Morgan fingerprint density at radius 3 is 2.26 bits per heavy atom. The van der Waals surface area contributed by atoms with E-state index in [1.54, 1.807) is 0 Å². The Kier molecular flexibility index (Phi) is 3.46. The highest BCUT2D eigenvalue weighted by Gasteiger charge is 2.34. The number of likely N-dealkylation sites (tertiary alicyclic amines) is 1. The third-order valence-corrected chi connectivity index (χ3v) is 2.86. The molecule has 0 unspecified atom stereocenters. The van der Waals surface area contributed by atoms with Crippen LogP contribution in [0.2, 0.25) is 0 Å². The van der Waals surface area contributed by atoms with Gasteiger partial charge in [-0.15, -0.1) is 0 Å². The Balaban J connectivity index is 2.13. The smallest absolute Gasteiger partial charge is 0.388 e. The number of aliphatic hydroxyl groups is 2. The number of hydrogen-bond acceptors (Lipinski definition) is 4. The zero-order valence-corrected chi connectivity index (χ0v) is 9.63. The van der Waals surface area contributed by atoms with E-state index in [0.717, 1.165) is 17.0 Å². The molecule has 0 aliphatic carbocycles. The molecule has 0 radical (unpaired) electrons. The number of pyridine rings is 1. The normalized spacial score (nSPS) is 23.7. The highest BCUT2D eigenvalue weighted by atomic mass is 19.4. The average molecular weight is 276 g/mol. The molecule has 2 heterocycles. The van der Waals surface area contributed by atoms with Gasteiger partial charge < -0.3 is 15.1 Å². The van der Waals surface area contributed by atoms with Crippen LogP contribution in [0.5, 0.6) is 0 Å². The molecule has 0 spiro atoms. The second-order valence-corrected chi connectivity index (χ2v) is 4.27. The fourth-order valence-electron chi connectivity index (χ4n) is 1.79. The van der Waals surface area contributed by atoms with Crippen molar-refractivity contribution in [1.82, 2.24) is 9.88 Å². The van der Waals surface area contributed by atoms with Crippen molar-refractivity contribution in [3.63, 3.8) is 0 Å². The van der Waals surface area contributed by atoms with E-state index in [2.05, 4.69) is 4.98 Å². The van der Waals surface area contributed by atoms with Gasteiger partial charge in [-0.2, -0.15) is 13.2 Å². The summed E-state index contributed by atoms with van der Waals surface area (Å²) in [4.78, 5) is 16.5. The minimum absolute atomic E-state index is 0.0668. The monoisotopic (exact) mass is 276 g/mol. The van der Waals surface area contributed by atoms with Gasteiger partial charge in [0.2, 0.25) is 0 Å². The summed E-state index contributed by atoms with van der Waals surface area (Å²) in [5.74, 6) is -0.621. The minimum atomic E-state index is -4.51. The van der Waals surface area contributed by atoms with E-state index < -0.39 is 29.9 Å². The van der Waals surface area contributed by atoms with Gasteiger partial charge in [0.15, 0.2) is 0 Å². The first-order chi connectivity index (χ1) is 8.79. The molecule has 1 fully saturated rings. The molecule has 1 aromatic heterocycles. The van der Waals surface area contributed by atoms with Crippen LogP contribution in [-0.2, 0) is 6.18 Å². The lowest BCUT2D eigenvalue weighted by molar-refractivity contribution is -0.137. The van der Waals surface area contributed by atoms with Crippen LogP contribution in [0.4, 0.5) is 13.2 Å². The van der Waals surface area contributed by atoms with Gasteiger partial charge in [0.05, 0.1) is 17.8 Å². The molecule has 1 amide bonds. The quantitative estimate of drug-likeness (QED) is 0.772. The van der Waals surface area contributed by atoms with E-state index in [4.69, 9.17) is 0 Å². The van der Waals surface area contributed by atoms with Crippen molar-refractivity contribution in [2.24, 2.45) is 0 Å². The molecule has 2 N–H and O–H groups in total. The maximum Gasteiger partial charge on any atom is 0.417 e. The molecule has 1 aliphatic heterocycles. The second-order valence-electron chi connectivity index (χ2n) is 4.27. The summed E-state index contributed by atoms with van der Waals surface area (Å²) in [6.45, 7) is -0.134. The van der Waals surface area contributed by atoms with Crippen LogP contribution in [0.15, 0.2) is 18.3 Å². The molecule has 0 aromatic carbocycles. The molecular formula is C11H11F3N2O3. The summed E-state index contributed by atoms with van der Waals surface area (Å²) in [6, 6.07) is 1.74. The van der Waals surface area contributed by atoms with Crippen LogP contribution in [-0.4, -0.2) is 51.3 Å². The number of halogens is 3. The predicted molar refractivity (Wildman–Crippen MR) is 57.2 cm³/mol. The third kappa shape index (κ3) is 2.85. The van der Waals surface area contributed by atoms with Crippen molar-refractivity contribution in [2.45, 2.75) is 18.4 Å². The Hall–Kier alpha value is -1.67. The first kappa shape index (κ1) is 13.8. The molecule has 0 bridgehead atoms. The van der Waals surface area contributed by atoms with Gasteiger partial charge in [-0.05, 0) is 12.1 Å². The van der Waals surface area contributed by atoms with Crippen molar-refractivity contribution < 1.29 is 28.2 Å². The molecule has 8 heteroatoms. The third-order valence-electron chi connectivity index (χ3n) is 2.86. The van der Waals surface area contributed by atoms with E-state index in [1.165, 1.54) is 0 Å². The highest BCUT2D eigenvalue weighted by molar-refractivity contribution is 5.92. The van der Waals surface area contributed by atoms with Gasteiger partial charge in [0.1, 0.15) is 5.69 Å². The lowest BCUT2D eigenvalue weighted by atomic mass is 10.2. The van der Waals surface area contributed by atoms with Gasteiger partial charge in [0.25, 0.3) is 5.91 Å². The number of aliphatic hydroxyl groups excluding tert-OH is 2. The number of rotatable bonds is 1. The molecule has 104 valence electrons. The van der Waals surface area contributed by atoms with Crippen LogP contribution >= 0.6 is 0 Å². The molecule has 19 heavy (non-hydrogen) atoms. The average Bonchev–Trinajstić information content (AvgIpc) is 2.68. The number of carbonyl (C=O) groups is 1. The van der Waals surface area contributed by atoms with Gasteiger partial charge in [-0.25, -0.2) is 0 Å². The van der Waals surface area contributed by atoms with E-state index in [9.17, 15) is 28.2 Å². The Bertz CT molecular complexity index is 465. The number of aromatic nitrogens is 1. The molecule has 0 saturated carbocycles. The SMILES string of the molecule is O=C(c1ccc(C(F)(F)F)cn1)N1C[C@@H](O)[C@@H](O)C1. The van der Waals surface area contributed by atoms with E-state index in [-0.39, 0.29) is 18.8 Å².